The number of nitrogens with zero attached hydrogens (tertiary/aromatic N) is 2. The maximum absolute atomic E-state index is 12.8. The van der Waals surface area contributed by atoms with E-state index in [1.807, 2.05) is 55.5 Å². The molecule has 1 aromatic heterocycles. The SMILES string of the molecule is CCCn1c(=O)n(CCC(=O)NNC(=O)c2cc3ccccc3cc2O)c2ccccc21. The number of para-hydroxylation sites is 2. The Morgan fingerprint density at radius 1 is 0.875 bits per heavy atom. The molecule has 164 valence electrons. The standard InChI is InChI=1S/C24H24N4O4/c1-2-12-27-19-9-5-6-10-20(19)28(24(27)32)13-11-22(30)25-26-23(31)18-14-16-7-3-4-8-17(16)15-21(18)29/h3-10,14-15,29H,2,11-13H2,1H3,(H,25,30)(H,26,31). The zero-order chi connectivity index (χ0) is 22.7. The largest absolute Gasteiger partial charge is 0.507 e. The Morgan fingerprint density at radius 3 is 2.12 bits per heavy atom. The third kappa shape index (κ3) is 4.07. The fourth-order valence-electron chi connectivity index (χ4n) is 3.81. The molecule has 0 aliphatic rings. The van der Waals surface area contributed by atoms with Crippen LogP contribution in [0.2, 0.25) is 0 Å². The van der Waals surface area contributed by atoms with E-state index in [2.05, 4.69) is 10.9 Å². The summed E-state index contributed by atoms with van der Waals surface area (Å²) in [6, 6.07) is 17.9. The number of imidazole rings is 1. The van der Waals surface area contributed by atoms with Gasteiger partial charge in [0, 0.05) is 19.5 Å². The Hall–Kier alpha value is -4.07. The molecule has 8 nitrogen and oxygen atoms in total. The second-order valence-electron chi connectivity index (χ2n) is 7.54. The monoisotopic (exact) mass is 432 g/mol. The number of benzene rings is 3. The molecule has 0 fully saturated rings. The Kier molecular flexibility index (Phi) is 5.93. The van der Waals surface area contributed by atoms with E-state index in [9.17, 15) is 19.5 Å². The van der Waals surface area contributed by atoms with E-state index in [1.165, 1.54) is 6.07 Å². The average molecular weight is 432 g/mol. The zero-order valence-corrected chi connectivity index (χ0v) is 17.7. The lowest BCUT2D eigenvalue weighted by molar-refractivity contribution is -0.122. The van der Waals surface area contributed by atoms with E-state index in [0.29, 0.717) is 6.54 Å². The third-order valence-electron chi connectivity index (χ3n) is 5.36. The first-order valence-corrected chi connectivity index (χ1v) is 10.5. The van der Waals surface area contributed by atoms with Crippen molar-refractivity contribution in [3.05, 3.63) is 76.7 Å². The topological polar surface area (TPSA) is 105 Å². The van der Waals surface area contributed by atoms with Crippen molar-refractivity contribution in [1.82, 2.24) is 20.0 Å². The van der Waals surface area contributed by atoms with Crippen LogP contribution in [0.25, 0.3) is 21.8 Å². The highest BCUT2D eigenvalue weighted by Crippen LogP contribution is 2.24. The van der Waals surface area contributed by atoms with Crippen LogP contribution in [0.4, 0.5) is 0 Å². The first kappa shape index (κ1) is 21.2. The van der Waals surface area contributed by atoms with Crippen molar-refractivity contribution >= 4 is 33.6 Å². The second-order valence-corrected chi connectivity index (χ2v) is 7.54. The van der Waals surface area contributed by atoms with Gasteiger partial charge in [-0.2, -0.15) is 0 Å². The highest BCUT2D eigenvalue weighted by atomic mass is 16.3. The average Bonchev–Trinajstić information content (AvgIpc) is 3.06. The maximum Gasteiger partial charge on any atom is 0.329 e. The van der Waals surface area contributed by atoms with Crippen molar-refractivity contribution < 1.29 is 14.7 Å². The van der Waals surface area contributed by atoms with Gasteiger partial charge in [-0.15, -0.1) is 0 Å². The minimum atomic E-state index is -0.627. The van der Waals surface area contributed by atoms with Crippen LogP contribution in [0.5, 0.6) is 5.75 Å². The molecule has 32 heavy (non-hydrogen) atoms. The molecule has 0 atom stereocenters. The number of phenolic OH excluding ortho intramolecular Hbond substituents is 1. The third-order valence-corrected chi connectivity index (χ3v) is 5.36. The normalized spacial score (nSPS) is 11.0. The number of carbonyl (C=O) groups is 2. The lowest BCUT2D eigenvalue weighted by Gasteiger charge is -2.10. The van der Waals surface area contributed by atoms with Gasteiger partial charge >= 0.3 is 5.69 Å². The number of aryl methyl sites for hydroxylation is 2. The van der Waals surface area contributed by atoms with Crippen molar-refractivity contribution in [2.45, 2.75) is 32.9 Å². The Bertz CT molecular complexity index is 1370. The summed E-state index contributed by atoms with van der Waals surface area (Å²) in [6.07, 6.45) is 0.825. The fourth-order valence-corrected chi connectivity index (χ4v) is 3.81. The Morgan fingerprint density at radius 2 is 1.47 bits per heavy atom. The van der Waals surface area contributed by atoms with E-state index >= 15 is 0 Å². The zero-order valence-electron chi connectivity index (χ0n) is 17.7. The quantitative estimate of drug-likeness (QED) is 0.408. The van der Waals surface area contributed by atoms with Gasteiger partial charge in [0.25, 0.3) is 5.91 Å². The van der Waals surface area contributed by atoms with Gasteiger partial charge in [-0.25, -0.2) is 4.79 Å². The van der Waals surface area contributed by atoms with E-state index < -0.39 is 11.8 Å². The van der Waals surface area contributed by atoms with Crippen LogP contribution in [0.3, 0.4) is 0 Å². The molecule has 4 rings (SSSR count). The number of fused-ring (bicyclic) bond motifs is 2. The van der Waals surface area contributed by atoms with Gasteiger partial charge in [0.2, 0.25) is 5.91 Å². The summed E-state index contributed by atoms with van der Waals surface area (Å²) in [6.45, 7) is 2.78. The summed E-state index contributed by atoms with van der Waals surface area (Å²) in [7, 11) is 0. The lowest BCUT2D eigenvalue weighted by Crippen LogP contribution is -2.42. The lowest BCUT2D eigenvalue weighted by atomic mass is 10.1. The van der Waals surface area contributed by atoms with Crippen LogP contribution in [-0.2, 0) is 17.9 Å². The molecule has 3 N–H and O–H groups in total. The van der Waals surface area contributed by atoms with Gasteiger partial charge in [-0.1, -0.05) is 43.3 Å². The molecule has 0 aliphatic heterocycles. The number of hydrazine groups is 1. The minimum absolute atomic E-state index is 0.00399. The molecular formula is C24H24N4O4. The number of aromatic nitrogens is 2. The molecule has 0 radical (unpaired) electrons. The molecule has 0 bridgehead atoms. The molecule has 0 saturated carbocycles. The summed E-state index contributed by atoms with van der Waals surface area (Å²) in [5.74, 6) is -1.25. The predicted molar refractivity (Wildman–Crippen MR) is 122 cm³/mol. The molecule has 0 saturated heterocycles. The number of amides is 2. The molecule has 8 heteroatoms. The van der Waals surface area contributed by atoms with Crippen molar-refractivity contribution in [2.24, 2.45) is 0 Å². The van der Waals surface area contributed by atoms with Crippen LogP contribution in [-0.4, -0.2) is 26.1 Å². The van der Waals surface area contributed by atoms with Crippen molar-refractivity contribution in [2.75, 3.05) is 0 Å². The number of carbonyl (C=O) groups excluding carboxylic acids is 2. The molecule has 4 aromatic rings. The van der Waals surface area contributed by atoms with Gasteiger partial charge in [-0.3, -0.25) is 29.6 Å². The predicted octanol–water partition coefficient (Wildman–Crippen LogP) is 2.92. The van der Waals surface area contributed by atoms with Gasteiger partial charge in [-0.05, 0) is 41.5 Å². The molecular weight excluding hydrogens is 408 g/mol. The number of nitrogens with one attached hydrogen (secondary N) is 2. The second kappa shape index (κ2) is 8.97. The highest BCUT2D eigenvalue weighted by molar-refractivity contribution is 6.02. The van der Waals surface area contributed by atoms with Crippen LogP contribution in [0.15, 0.2) is 65.5 Å². The molecule has 0 spiro atoms. The fraction of sp³-hybridized carbons (Fsp3) is 0.208. The number of hydrogen-bond donors (Lipinski definition) is 3. The Balaban J connectivity index is 1.42. The minimum Gasteiger partial charge on any atom is -0.507 e. The van der Waals surface area contributed by atoms with Crippen molar-refractivity contribution in [3.63, 3.8) is 0 Å². The first-order valence-electron chi connectivity index (χ1n) is 10.5. The summed E-state index contributed by atoms with van der Waals surface area (Å²) < 4.78 is 3.28. The van der Waals surface area contributed by atoms with Crippen LogP contribution in [0.1, 0.15) is 30.1 Å². The number of hydrogen-bond acceptors (Lipinski definition) is 4. The Labute approximate surface area is 184 Å². The van der Waals surface area contributed by atoms with E-state index in [4.69, 9.17) is 0 Å². The van der Waals surface area contributed by atoms with Crippen LogP contribution < -0.4 is 16.5 Å². The van der Waals surface area contributed by atoms with Crippen LogP contribution >= 0.6 is 0 Å². The van der Waals surface area contributed by atoms with E-state index in [1.54, 1.807) is 15.2 Å². The van der Waals surface area contributed by atoms with Gasteiger partial charge < -0.3 is 5.11 Å². The number of rotatable bonds is 6. The number of phenols is 1. The van der Waals surface area contributed by atoms with Gasteiger partial charge in [0.05, 0.1) is 16.6 Å². The van der Waals surface area contributed by atoms with Crippen LogP contribution in [0, 0.1) is 0 Å². The van der Waals surface area contributed by atoms with Crippen molar-refractivity contribution in [1.29, 1.82) is 0 Å². The molecule has 0 aliphatic carbocycles. The molecule has 2 amide bonds. The summed E-state index contributed by atoms with van der Waals surface area (Å²) >= 11 is 0. The summed E-state index contributed by atoms with van der Waals surface area (Å²) in [4.78, 5) is 37.5. The molecule has 0 unspecified atom stereocenters. The molecule has 1 heterocycles. The summed E-state index contributed by atoms with van der Waals surface area (Å²) in [5, 5.41) is 11.8. The van der Waals surface area contributed by atoms with E-state index in [0.717, 1.165) is 28.2 Å². The smallest absolute Gasteiger partial charge is 0.329 e. The van der Waals surface area contributed by atoms with Gasteiger partial charge in [0.15, 0.2) is 0 Å². The first-order chi connectivity index (χ1) is 15.5. The highest BCUT2D eigenvalue weighted by Gasteiger charge is 2.15. The molecule has 3 aromatic carbocycles. The summed E-state index contributed by atoms with van der Waals surface area (Å²) in [5.41, 5.74) is 6.18. The maximum atomic E-state index is 12.8. The van der Waals surface area contributed by atoms with E-state index in [-0.39, 0.29) is 30.0 Å². The van der Waals surface area contributed by atoms with Gasteiger partial charge in [0.1, 0.15) is 5.75 Å². The van der Waals surface area contributed by atoms with Crippen molar-refractivity contribution in [3.8, 4) is 5.75 Å². The number of aromatic hydroxyl groups is 1.